The maximum atomic E-state index is 13.3. The molecule has 1 saturated carbocycles. The van der Waals surface area contributed by atoms with E-state index in [4.69, 9.17) is 19.7 Å². The predicted molar refractivity (Wildman–Crippen MR) is 124 cm³/mol. The average Bonchev–Trinajstić information content (AvgIpc) is 3.68. The van der Waals surface area contributed by atoms with Crippen molar-refractivity contribution in [3.63, 3.8) is 0 Å². The number of nitrogens with one attached hydrogen (secondary N) is 1. The smallest absolute Gasteiger partial charge is 0.331 e. The van der Waals surface area contributed by atoms with Gasteiger partial charge in [-0.05, 0) is 43.2 Å². The minimum absolute atomic E-state index is 0.0507. The molecule has 1 aromatic heterocycles. The quantitative estimate of drug-likeness (QED) is 0.302. The summed E-state index contributed by atoms with van der Waals surface area (Å²) in [4.78, 5) is 32.7. The number of ether oxygens (including phenoxy) is 3. The molecule has 190 valence electrons. The number of nitrogens with zero attached hydrogens (tertiary/aromatic N) is 2. The molecule has 0 bridgehead atoms. The van der Waals surface area contributed by atoms with Gasteiger partial charge in [0.15, 0.2) is 0 Å². The lowest BCUT2D eigenvalue weighted by atomic mass is 9.92. The number of halogens is 1. The van der Waals surface area contributed by atoms with Crippen LogP contribution in [-0.2, 0) is 14.3 Å². The van der Waals surface area contributed by atoms with Gasteiger partial charge in [0.2, 0.25) is 5.88 Å². The Morgan fingerprint density at radius 1 is 1.35 bits per heavy atom. The number of aromatic nitrogens is 1. The van der Waals surface area contributed by atoms with Gasteiger partial charge in [-0.25, -0.2) is 9.78 Å². The first kappa shape index (κ1) is 20.9. The van der Waals surface area contributed by atoms with Gasteiger partial charge in [0.1, 0.15) is 16.9 Å². The van der Waals surface area contributed by atoms with Crippen molar-refractivity contribution < 1.29 is 38.8 Å². The van der Waals surface area contributed by atoms with Gasteiger partial charge in [-0.1, -0.05) is 13.8 Å². The van der Waals surface area contributed by atoms with Crippen LogP contribution in [0.2, 0.25) is 0 Å². The zero-order chi connectivity index (χ0) is 27.9. The SMILES string of the molecule is [3H]CC([3H])C(NC(=O)c1ccc(N2CC(OC)C2)c(OC[C@H]2C[C@@H]2CO)n1)(C(=O)OCCCF)C([3H])C[3H]. The van der Waals surface area contributed by atoms with Crippen molar-refractivity contribution in [3.8, 4) is 5.88 Å². The van der Waals surface area contributed by atoms with E-state index in [1.807, 2.05) is 4.90 Å². The van der Waals surface area contributed by atoms with E-state index in [-0.39, 0.29) is 49.1 Å². The van der Waals surface area contributed by atoms with Gasteiger partial charge in [-0.2, -0.15) is 0 Å². The van der Waals surface area contributed by atoms with Gasteiger partial charge in [-0.15, -0.1) is 0 Å². The fourth-order valence-corrected chi connectivity index (χ4v) is 3.61. The first-order valence-corrected chi connectivity index (χ1v) is 11.3. The highest BCUT2D eigenvalue weighted by Crippen LogP contribution is 2.39. The van der Waals surface area contributed by atoms with Crippen LogP contribution in [0.3, 0.4) is 0 Å². The van der Waals surface area contributed by atoms with Crippen molar-refractivity contribution in [1.82, 2.24) is 10.3 Å². The average molecular weight is 490 g/mol. The van der Waals surface area contributed by atoms with E-state index in [1.165, 1.54) is 6.07 Å². The predicted octanol–water partition coefficient (Wildman–Crippen LogP) is 2.12. The van der Waals surface area contributed by atoms with Crippen molar-refractivity contribution in [3.05, 3.63) is 17.8 Å². The summed E-state index contributed by atoms with van der Waals surface area (Å²) in [6.45, 7) is -0.827. The van der Waals surface area contributed by atoms with Crippen LogP contribution in [0.15, 0.2) is 12.1 Å². The molecule has 4 atom stereocenters. The Hall–Kier alpha value is -2.46. The molecule has 2 unspecified atom stereocenters. The Morgan fingerprint density at radius 3 is 2.74 bits per heavy atom. The lowest BCUT2D eigenvalue weighted by Gasteiger charge is -2.40. The van der Waals surface area contributed by atoms with Crippen LogP contribution in [0.4, 0.5) is 10.1 Å². The highest BCUT2D eigenvalue weighted by atomic mass is 19.1. The fourth-order valence-electron chi connectivity index (χ4n) is 3.61. The number of hydrogen-bond acceptors (Lipinski definition) is 8. The number of anilines is 1. The van der Waals surface area contributed by atoms with Gasteiger partial charge in [0.05, 0.1) is 26.0 Å². The summed E-state index contributed by atoms with van der Waals surface area (Å²) in [7, 11) is 1.62. The Labute approximate surface area is 205 Å². The third-order valence-corrected chi connectivity index (χ3v) is 6.15. The molecule has 2 N–H and O–H groups in total. The first-order chi connectivity index (χ1) is 18.2. The summed E-state index contributed by atoms with van der Waals surface area (Å²) in [5.74, 6) is -1.56. The van der Waals surface area contributed by atoms with Crippen LogP contribution in [0, 0.1) is 11.8 Å². The number of carbonyl (C=O) groups excluding carboxylic acids is 2. The molecule has 9 nitrogen and oxygen atoms in total. The van der Waals surface area contributed by atoms with Gasteiger partial charge in [-0.3, -0.25) is 9.18 Å². The molecule has 34 heavy (non-hydrogen) atoms. The normalized spacial score (nSPS) is 24.9. The summed E-state index contributed by atoms with van der Waals surface area (Å²) in [6.07, 6.45) is -2.47. The largest absolute Gasteiger partial charge is 0.476 e. The minimum atomic E-state index is -2.33. The first-order valence-electron chi connectivity index (χ1n) is 13.8. The minimum Gasteiger partial charge on any atom is -0.476 e. The Balaban J connectivity index is 1.87. The van der Waals surface area contributed by atoms with Crippen molar-refractivity contribution >= 4 is 17.6 Å². The Bertz CT molecular complexity index is 948. The zero-order valence-corrected chi connectivity index (χ0v) is 19.4. The van der Waals surface area contributed by atoms with E-state index >= 15 is 0 Å². The summed E-state index contributed by atoms with van der Waals surface area (Å²) in [6, 6.07) is 3.07. The van der Waals surface area contributed by atoms with E-state index in [0.717, 1.165) is 6.42 Å². The van der Waals surface area contributed by atoms with E-state index in [0.29, 0.717) is 25.4 Å². The molecule has 3 rings (SSSR count). The van der Waals surface area contributed by atoms with Crippen LogP contribution in [0.25, 0.3) is 0 Å². The highest BCUT2D eigenvalue weighted by molar-refractivity contribution is 5.97. The molecule has 10 heteroatoms. The van der Waals surface area contributed by atoms with Gasteiger partial charge in [0, 0.05) is 38.7 Å². The molecular weight excluding hydrogens is 445 g/mol. The number of aliphatic hydroxyl groups is 1. The second kappa shape index (κ2) is 11.8. The van der Waals surface area contributed by atoms with Crippen LogP contribution >= 0.6 is 0 Å². The summed E-state index contributed by atoms with van der Waals surface area (Å²) < 4.78 is 60.9. The summed E-state index contributed by atoms with van der Waals surface area (Å²) in [5, 5.41) is 11.7. The number of amides is 1. The molecular formula is C24H36FN3O6. The van der Waals surface area contributed by atoms with Gasteiger partial charge >= 0.3 is 5.97 Å². The van der Waals surface area contributed by atoms with Crippen molar-refractivity contribution in [2.24, 2.45) is 11.8 Å². The number of rotatable bonds is 14. The number of aliphatic hydroxyl groups excluding tert-OH is 1. The molecule has 1 aliphatic heterocycles. The topological polar surface area (TPSA) is 110 Å². The van der Waals surface area contributed by atoms with Crippen LogP contribution in [0.1, 0.15) is 55.4 Å². The van der Waals surface area contributed by atoms with E-state index in [1.54, 1.807) is 13.2 Å². The fraction of sp³-hybridized carbons (Fsp3) is 0.708. The maximum absolute atomic E-state index is 13.3. The van der Waals surface area contributed by atoms with Crippen LogP contribution < -0.4 is 15.0 Å². The second-order valence-corrected chi connectivity index (χ2v) is 8.44. The number of hydrogen-bond donors (Lipinski definition) is 2. The number of pyridine rings is 1. The maximum Gasteiger partial charge on any atom is 0.331 e. The molecule has 0 spiro atoms. The third kappa shape index (κ3) is 5.96. The number of alkyl halides is 1. The molecule has 0 aromatic carbocycles. The highest BCUT2D eigenvalue weighted by Gasteiger charge is 2.40. The van der Waals surface area contributed by atoms with E-state index < -0.39 is 50.7 Å². The summed E-state index contributed by atoms with van der Waals surface area (Å²) in [5.41, 5.74) is -1.84. The van der Waals surface area contributed by atoms with E-state index in [2.05, 4.69) is 10.3 Å². The number of methoxy groups -OCH3 is 1. The van der Waals surface area contributed by atoms with Crippen molar-refractivity contribution in [1.29, 1.82) is 0 Å². The molecule has 1 saturated heterocycles. The Kier molecular flexibility index (Phi) is 7.24. The molecule has 1 aliphatic carbocycles. The Morgan fingerprint density at radius 2 is 2.12 bits per heavy atom. The lowest BCUT2D eigenvalue weighted by Crippen LogP contribution is -2.54. The van der Waals surface area contributed by atoms with Gasteiger partial charge in [0.25, 0.3) is 5.91 Å². The second-order valence-electron chi connectivity index (χ2n) is 8.44. The third-order valence-electron chi connectivity index (χ3n) is 6.15. The zero-order valence-electron chi connectivity index (χ0n) is 23.4. The molecule has 2 fully saturated rings. The lowest BCUT2D eigenvalue weighted by molar-refractivity contribution is -0.152. The van der Waals surface area contributed by atoms with Crippen LogP contribution in [0.5, 0.6) is 5.88 Å². The number of esters is 1. The van der Waals surface area contributed by atoms with Crippen LogP contribution in [-0.4, -0.2) is 80.3 Å². The molecule has 0 radical (unpaired) electrons. The summed E-state index contributed by atoms with van der Waals surface area (Å²) >= 11 is 0. The van der Waals surface area contributed by atoms with Gasteiger partial charge < -0.3 is 29.5 Å². The molecule has 2 aliphatic rings. The monoisotopic (exact) mass is 489 g/mol. The molecule has 1 aromatic rings. The van der Waals surface area contributed by atoms with Crippen molar-refractivity contribution in [2.75, 3.05) is 51.6 Å². The standard InChI is InChI=1S/C24H36FN3O6/c1-4-24(5-2,23(31)33-10-6-9-25)27-21(30)19-7-8-20(28-12-18(13-28)32-3)22(26-19)34-15-17-11-16(17)14-29/h7-8,16-18,29H,4-6,9-15H2,1-3H3,(H,27,30)/t16-,17-/m1/s1/i1T,2T,4T,5T/t4?,5?,16-,17-,24?. The van der Waals surface area contributed by atoms with Crippen molar-refractivity contribution in [2.45, 2.75) is 51.1 Å². The molecule has 2 heterocycles. The number of carbonyl (C=O) groups is 2. The molecule has 1 amide bonds. The van der Waals surface area contributed by atoms with E-state index in [9.17, 15) is 19.1 Å².